The third-order valence-corrected chi connectivity index (χ3v) is 6.06. The van der Waals surface area contributed by atoms with Crippen LogP contribution in [0, 0.1) is 0 Å². The molecule has 2 aromatic heterocycles. The number of hydrogen-bond acceptors (Lipinski definition) is 3. The Morgan fingerprint density at radius 3 is 2.41 bits per heavy atom. The van der Waals surface area contributed by atoms with Gasteiger partial charge in [-0.15, -0.1) is 0 Å². The lowest BCUT2D eigenvalue weighted by atomic mass is 9.83. The maximum absolute atomic E-state index is 14.2. The molecule has 0 saturated carbocycles. The van der Waals surface area contributed by atoms with E-state index in [0.717, 1.165) is 16.5 Å². The second kappa shape index (κ2) is 7.70. The van der Waals surface area contributed by atoms with Crippen molar-refractivity contribution in [3.8, 4) is 0 Å². The predicted octanol–water partition coefficient (Wildman–Crippen LogP) is 5.05. The van der Waals surface area contributed by atoms with Gasteiger partial charge >= 0.3 is 0 Å². The van der Waals surface area contributed by atoms with Crippen molar-refractivity contribution in [2.45, 2.75) is 31.8 Å². The minimum absolute atomic E-state index is 0.336. The number of carbonyl (C=O) groups excluding carboxylic acids is 2. The van der Waals surface area contributed by atoms with E-state index in [2.05, 4.69) is 21.9 Å². The molecule has 0 bridgehead atoms. The summed E-state index contributed by atoms with van der Waals surface area (Å²) in [7, 11) is 0. The van der Waals surface area contributed by atoms with Crippen molar-refractivity contribution in [2.24, 2.45) is 0 Å². The van der Waals surface area contributed by atoms with Gasteiger partial charge in [-0.1, -0.05) is 49.0 Å². The molecule has 2 N–H and O–H groups in total. The highest BCUT2D eigenvalue weighted by Crippen LogP contribution is 2.52. The first-order valence-corrected chi connectivity index (χ1v) is 11.2. The normalized spacial score (nSPS) is 17.6. The third kappa shape index (κ3) is 3.22. The van der Waals surface area contributed by atoms with Gasteiger partial charge in [0.25, 0.3) is 11.8 Å². The lowest BCUT2D eigenvalue weighted by molar-refractivity contribution is -0.126. The molecule has 34 heavy (non-hydrogen) atoms. The number of para-hydroxylation sites is 2. The Bertz CT molecular complexity index is 1400. The number of pyridine rings is 1. The van der Waals surface area contributed by atoms with Crippen LogP contribution in [0.15, 0.2) is 85.6 Å². The van der Waals surface area contributed by atoms with Crippen LogP contribution in [-0.4, -0.2) is 27.3 Å². The number of benzene rings is 2. The lowest BCUT2D eigenvalue weighted by Crippen LogP contribution is -2.60. The number of aromatic nitrogens is 2. The van der Waals surface area contributed by atoms with E-state index in [9.17, 15) is 9.59 Å². The van der Waals surface area contributed by atoms with Gasteiger partial charge in [-0.3, -0.25) is 19.5 Å². The summed E-state index contributed by atoms with van der Waals surface area (Å²) >= 11 is 0. The molecule has 2 aromatic carbocycles. The summed E-state index contributed by atoms with van der Waals surface area (Å²) in [6, 6.07) is 22.3. The van der Waals surface area contributed by atoms with Crippen LogP contribution in [0.2, 0.25) is 0 Å². The van der Waals surface area contributed by atoms with Gasteiger partial charge in [-0.25, -0.2) is 0 Å². The number of hydrogen-bond donors (Lipinski definition) is 2. The van der Waals surface area contributed by atoms with Crippen LogP contribution in [0.5, 0.6) is 0 Å². The topological polar surface area (TPSA) is 78.1 Å². The standard InChI is InChI=1S/C28H26N4O2/c1-18-20-12-6-8-14-23(20)32(25(33)22-17-19-11-5-7-13-21(19)30-22)28(18,24-15-9-10-16-29-24)26(34)31-27(2,3)4/h5-17,30H,1H2,2-4H3,(H,31,34). The SMILES string of the molecule is C=C1c2ccccc2N(C(=O)c2cc3ccccc3[nH]2)C1(C(=O)NC(C)(C)C)c1ccccn1. The van der Waals surface area contributed by atoms with Crippen molar-refractivity contribution in [2.75, 3.05) is 4.90 Å². The van der Waals surface area contributed by atoms with E-state index >= 15 is 0 Å². The van der Waals surface area contributed by atoms with Crippen LogP contribution >= 0.6 is 0 Å². The summed E-state index contributed by atoms with van der Waals surface area (Å²) in [4.78, 5) is 37.7. The highest BCUT2D eigenvalue weighted by Gasteiger charge is 2.58. The summed E-state index contributed by atoms with van der Waals surface area (Å²) in [5, 5.41) is 4.00. The third-order valence-electron chi connectivity index (χ3n) is 6.06. The molecule has 1 aliphatic heterocycles. The van der Waals surface area contributed by atoms with Crippen LogP contribution < -0.4 is 10.2 Å². The molecule has 0 saturated heterocycles. The van der Waals surface area contributed by atoms with E-state index in [1.807, 2.05) is 81.4 Å². The smallest absolute Gasteiger partial charge is 0.276 e. The van der Waals surface area contributed by atoms with Crippen molar-refractivity contribution >= 4 is 34.0 Å². The highest BCUT2D eigenvalue weighted by molar-refractivity contribution is 6.21. The molecule has 0 fully saturated rings. The maximum Gasteiger partial charge on any atom is 0.276 e. The number of carbonyl (C=O) groups is 2. The van der Waals surface area contributed by atoms with Gasteiger partial charge in [-0.2, -0.15) is 0 Å². The maximum atomic E-state index is 14.2. The van der Waals surface area contributed by atoms with Crippen LogP contribution in [0.25, 0.3) is 16.5 Å². The Morgan fingerprint density at radius 1 is 1.00 bits per heavy atom. The monoisotopic (exact) mass is 450 g/mol. The molecule has 5 rings (SSSR count). The Balaban J connectivity index is 1.78. The number of H-pyrrole nitrogens is 1. The molecule has 1 aliphatic rings. The number of anilines is 1. The van der Waals surface area contributed by atoms with Crippen molar-refractivity contribution < 1.29 is 9.59 Å². The number of rotatable bonds is 3. The van der Waals surface area contributed by atoms with Crippen molar-refractivity contribution in [1.29, 1.82) is 0 Å². The van der Waals surface area contributed by atoms with Crippen molar-refractivity contribution in [3.63, 3.8) is 0 Å². The van der Waals surface area contributed by atoms with E-state index in [1.165, 1.54) is 0 Å². The molecule has 0 spiro atoms. The Kier molecular flexibility index (Phi) is 4.90. The van der Waals surface area contributed by atoms with Crippen LogP contribution in [0.4, 0.5) is 5.69 Å². The molecule has 1 atom stereocenters. The van der Waals surface area contributed by atoms with Crippen LogP contribution in [-0.2, 0) is 10.3 Å². The van der Waals surface area contributed by atoms with E-state index in [4.69, 9.17) is 0 Å². The quantitative estimate of drug-likeness (QED) is 0.459. The first-order valence-electron chi connectivity index (χ1n) is 11.2. The number of nitrogens with zero attached hydrogens (tertiary/aromatic N) is 2. The van der Waals surface area contributed by atoms with Crippen LogP contribution in [0.1, 0.15) is 42.5 Å². The predicted molar refractivity (Wildman–Crippen MR) is 134 cm³/mol. The van der Waals surface area contributed by atoms with E-state index in [0.29, 0.717) is 22.6 Å². The van der Waals surface area contributed by atoms with Crippen molar-refractivity contribution in [1.82, 2.24) is 15.3 Å². The Morgan fingerprint density at radius 2 is 1.71 bits per heavy atom. The first kappa shape index (κ1) is 21.6. The summed E-state index contributed by atoms with van der Waals surface area (Å²) in [5.74, 6) is -0.693. The van der Waals surface area contributed by atoms with Gasteiger partial charge in [0.2, 0.25) is 0 Å². The fourth-order valence-electron chi connectivity index (χ4n) is 4.64. The van der Waals surface area contributed by atoms with E-state index < -0.39 is 11.1 Å². The summed E-state index contributed by atoms with van der Waals surface area (Å²) < 4.78 is 0. The molecule has 2 amide bonds. The number of fused-ring (bicyclic) bond motifs is 2. The number of nitrogens with one attached hydrogen (secondary N) is 2. The van der Waals surface area contributed by atoms with Gasteiger partial charge in [0.1, 0.15) is 5.69 Å². The van der Waals surface area contributed by atoms with E-state index in [-0.39, 0.29) is 11.8 Å². The number of aromatic amines is 1. The zero-order chi connectivity index (χ0) is 24.1. The molecular weight excluding hydrogens is 424 g/mol. The second-order valence-electron chi connectivity index (χ2n) is 9.54. The largest absolute Gasteiger partial charge is 0.351 e. The molecule has 3 heterocycles. The van der Waals surface area contributed by atoms with Gasteiger partial charge in [-0.05, 0) is 56.7 Å². The van der Waals surface area contributed by atoms with Gasteiger partial charge in [0.15, 0.2) is 5.54 Å². The molecule has 0 aliphatic carbocycles. The highest BCUT2D eigenvalue weighted by atomic mass is 16.2. The van der Waals surface area contributed by atoms with Crippen LogP contribution in [0.3, 0.4) is 0 Å². The molecule has 170 valence electrons. The first-order chi connectivity index (χ1) is 16.2. The summed E-state index contributed by atoms with van der Waals surface area (Å²) in [6.45, 7) is 10.1. The van der Waals surface area contributed by atoms with Crippen molar-refractivity contribution in [3.05, 3.63) is 103 Å². The Hall–Kier alpha value is -4.19. The molecule has 1 unspecified atom stereocenters. The molecule has 6 heteroatoms. The molecule has 6 nitrogen and oxygen atoms in total. The van der Waals surface area contributed by atoms with Gasteiger partial charge in [0, 0.05) is 28.2 Å². The summed E-state index contributed by atoms with van der Waals surface area (Å²) in [5.41, 5.74) is 1.44. The fraction of sp³-hybridized carbons (Fsp3) is 0.179. The second-order valence-corrected chi connectivity index (χ2v) is 9.54. The summed E-state index contributed by atoms with van der Waals surface area (Å²) in [6.07, 6.45) is 1.63. The Labute approximate surface area is 198 Å². The minimum atomic E-state index is -1.55. The average molecular weight is 451 g/mol. The van der Waals surface area contributed by atoms with Gasteiger partial charge < -0.3 is 10.3 Å². The molecule has 4 aromatic rings. The zero-order valence-electron chi connectivity index (χ0n) is 19.4. The fourth-order valence-corrected chi connectivity index (χ4v) is 4.64. The average Bonchev–Trinajstić information content (AvgIpc) is 3.36. The lowest BCUT2D eigenvalue weighted by Gasteiger charge is -2.39. The zero-order valence-corrected chi connectivity index (χ0v) is 19.4. The molecular formula is C28H26N4O2. The molecule has 0 radical (unpaired) electrons. The minimum Gasteiger partial charge on any atom is -0.351 e. The van der Waals surface area contributed by atoms with E-state index in [1.54, 1.807) is 23.2 Å². The van der Waals surface area contributed by atoms with Gasteiger partial charge in [0.05, 0.1) is 11.4 Å². The number of amides is 2.